The Morgan fingerprint density at radius 1 is 1.03 bits per heavy atom. The molecule has 2 aromatic carbocycles. The lowest BCUT2D eigenvalue weighted by Gasteiger charge is -2.22. The minimum absolute atomic E-state index is 0.0783. The van der Waals surface area contributed by atoms with Gasteiger partial charge in [-0.25, -0.2) is 0 Å². The molecule has 156 valence electrons. The zero-order valence-corrected chi connectivity index (χ0v) is 17.7. The second-order valence-electron chi connectivity index (χ2n) is 6.88. The Hall–Kier alpha value is -3.00. The van der Waals surface area contributed by atoms with Crippen molar-refractivity contribution in [3.8, 4) is 23.0 Å². The van der Waals surface area contributed by atoms with Gasteiger partial charge in [-0.3, -0.25) is 4.79 Å². The second kappa shape index (κ2) is 9.21. The summed E-state index contributed by atoms with van der Waals surface area (Å²) in [7, 11) is 3.16. The summed E-state index contributed by atoms with van der Waals surface area (Å²) in [6.45, 7) is 1.59. The molecule has 1 fully saturated rings. The van der Waals surface area contributed by atoms with E-state index in [1.807, 2.05) is 41.3 Å². The van der Waals surface area contributed by atoms with E-state index in [4.69, 9.17) is 13.9 Å². The first kappa shape index (κ1) is 20.3. The van der Waals surface area contributed by atoms with E-state index >= 15 is 0 Å². The molecule has 0 saturated carbocycles. The zero-order chi connectivity index (χ0) is 20.9. The molecule has 30 heavy (non-hydrogen) atoms. The SMILES string of the molecule is COc1ccc(-c2nnc(S[C@@H](C(=O)N3CCCC3)c3ccccc3)o2)cc1OC. The highest BCUT2D eigenvalue weighted by Gasteiger charge is 2.30. The molecule has 1 aliphatic rings. The Bertz CT molecular complexity index is 1000. The fraction of sp³-hybridized carbons (Fsp3) is 0.318. The molecule has 0 spiro atoms. The van der Waals surface area contributed by atoms with Crippen molar-refractivity contribution in [3.05, 3.63) is 54.1 Å². The monoisotopic (exact) mass is 425 g/mol. The number of carbonyl (C=O) groups excluding carboxylic acids is 1. The summed E-state index contributed by atoms with van der Waals surface area (Å²) >= 11 is 1.28. The van der Waals surface area contributed by atoms with Crippen LogP contribution < -0.4 is 9.47 Å². The molecule has 3 aromatic rings. The average Bonchev–Trinajstić information content (AvgIpc) is 3.49. The normalized spacial score (nSPS) is 14.5. The first-order valence-electron chi connectivity index (χ1n) is 9.76. The Balaban J connectivity index is 1.59. The lowest BCUT2D eigenvalue weighted by Crippen LogP contribution is -2.31. The number of thioether (sulfide) groups is 1. The molecule has 0 N–H and O–H groups in total. The molecule has 1 amide bonds. The first-order valence-corrected chi connectivity index (χ1v) is 10.6. The van der Waals surface area contributed by atoms with E-state index in [1.54, 1.807) is 26.4 Å². The van der Waals surface area contributed by atoms with Crippen LogP contribution in [0, 0.1) is 0 Å². The van der Waals surface area contributed by atoms with Crippen LogP contribution in [0.1, 0.15) is 23.7 Å². The smallest absolute Gasteiger partial charge is 0.277 e. The van der Waals surface area contributed by atoms with E-state index in [1.165, 1.54) is 11.8 Å². The summed E-state index contributed by atoms with van der Waals surface area (Å²) in [6, 6.07) is 15.1. The van der Waals surface area contributed by atoms with Crippen LogP contribution in [-0.2, 0) is 4.79 Å². The lowest BCUT2D eigenvalue weighted by atomic mass is 10.1. The highest BCUT2D eigenvalue weighted by Crippen LogP contribution is 2.38. The summed E-state index contributed by atoms with van der Waals surface area (Å²) < 4.78 is 16.5. The van der Waals surface area contributed by atoms with E-state index in [0.29, 0.717) is 28.2 Å². The van der Waals surface area contributed by atoms with Crippen molar-refractivity contribution in [2.24, 2.45) is 0 Å². The van der Waals surface area contributed by atoms with Gasteiger partial charge in [0.25, 0.3) is 5.22 Å². The molecule has 8 heteroatoms. The number of aromatic nitrogens is 2. The summed E-state index contributed by atoms with van der Waals surface area (Å²) in [6.07, 6.45) is 2.09. The number of rotatable bonds is 7. The number of benzene rings is 2. The zero-order valence-electron chi connectivity index (χ0n) is 16.9. The fourth-order valence-corrected chi connectivity index (χ4v) is 4.40. The van der Waals surface area contributed by atoms with Crippen LogP contribution in [0.15, 0.2) is 58.2 Å². The molecule has 0 bridgehead atoms. The van der Waals surface area contributed by atoms with Gasteiger partial charge >= 0.3 is 0 Å². The van der Waals surface area contributed by atoms with Gasteiger partial charge in [-0.15, -0.1) is 10.2 Å². The van der Waals surface area contributed by atoms with Crippen LogP contribution >= 0.6 is 11.8 Å². The maximum absolute atomic E-state index is 13.2. The number of hydrogen-bond donors (Lipinski definition) is 0. The Morgan fingerprint density at radius 2 is 1.77 bits per heavy atom. The molecule has 0 radical (unpaired) electrons. The largest absolute Gasteiger partial charge is 0.493 e. The van der Waals surface area contributed by atoms with E-state index in [9.17, 15) is 4.79 Å². The van der Waals surface area contributed by atoms with Crippen molar-refractivity contribution in [1.82, 2.24) is 15.1 Å². The number of nitrogens with zero attached hydrogens (tertiary/aromatic N) is 3. The molecule has 7 nitrogen and oxygen atoms in total. The van der Waals surface area contributed by atoms with Crippen LogP contribution in [0.25, 0.3) is 11.5 Å². The van der Waals surface area contributed by atoms with Crippen molar-refractivity contribution in [2.75, 3.05) is 27.3 Å². The standard InChI is InChI=1S/C22H23N3O4S/c1-27-17-11-10-16(14-18(17)28-2)20-23-24-22(29-20)30-19(15-8-4-3-5-9-15)21(26)25-12-6-7-13-25/h3-5,8-11,14,19H,6-7,12-13H2,1-2H3/t19-/m1/s1. The molecular formula is C22H23N3O4S. The second-order valence-corrected chi connectivity index (χ2v) is 7.94. The van der Waals surface area contributed by atoms with E-state index < -0.39 is 5.25 Å². The predicted molar refractivity (Wildman–Crippen MR) is 114 cm³/mol. The van der Waals surface area contributed by atoms with Gasteiger partial charge in [0.15, 0.2) is 11.5 Å². The minimum Gasteiger partial charge on any atom is -0.493 e. The van der Waals surface area contributed by atoms with Gasteiger partial charge < -0.3 is 18.8 Å². The Kier molecular flexibility index (Phi) is 6.23. The average molecular weight is 426 g/mol. The van der Waals surface area contributed by atoms with Gasteiger partial charge in [0.2, 0.25) is 11.8 Å². The molecule has 1 saturated heterocycles. The number of hydrogen-bond acceptors (Lipinski definition) is 7. The summed E-state index contributed by atoms with van der Waals surface area (Å²) in [5.74, 6) is 1.64. The third-order valence-corrected chi connectivity index (χ3v) is 6.08. The maximum Gasteiger partial charge on any atom is 0.277 e. The van der Waals surface area contributed by atoms with Gasteiger partial charge in [-0.2, -0.15) is 0 Å². The molecule has 1 atom stereocenters. The van der Waals surface area contributed by atoms with E-state index in [-0.39, 0.29) is 5.91 Å². The molecule has 4 rings (SSSR count). The van der Waals surface area contributed by atoms with Gasteiger partial charge in [0.05, 0.1) is 14.2 Å². The molecule has 2 heterocycles. The number of methoxy groups -OCH3 is 2. The number of likely N-dealkylation sites (tertiary alicyclic amines) is 1. The van der Waals surface area contributed by atoms with Gasteiger partial charge in [0.1, 0.15) is 5.25 Å². The van der Waals surface area contributed by atoms with E-state index in [2.05, 4.69) is 10.2 Å². The maximum atomic E-state index is 13.2. The van der Waals surface area contributed by atoms with Crippen LogP contribution in [0.2, 0.25) is 0 Å². The van der Waals surface area contributed by atoms with Gasteiger partial charge in [-0.05, 0) is 48.4 Å². The number of carbonyl (C=O) groups is 1. The molecule has 1 aromatic heterocycles. The predicted octanol–water partition coefficient (Wildman–Crippen LogP) is 4.21. The summed E-state index contributed by atoms with van der Waals surface area (Å²) in [5, 5.41) is 8.25. The van der Waals surface area contributed by atoms with Crippen molar-refractivity contribution in [2.45, 2.75) is 23.3 Å². The fourth-order valence-electron chi connectivity index (χ4n) is 3.44. The molecule has 0 unspecified atom stereocenters. The topological polar surface area (TPSA) is 77.7 Å². The first-order chi connectivity index (χ1) is 14.7. The Labute approximate surface area is 179 Å². The van der Waals surface area contributed by atoms with Crippen molar-refractivity contribution in [1.29, 1.82) is 0 Å². The van der Waals surface area contributed by atoms with Gasteiger partial charge in [0, 0.05) is 18.7 Å². The highest BCUT2D eigenvalue weighted by atomic mass is 32.2. The van der Waals surface area contributed by atoms with Crippen LogP contribution in [-0.4, -0.2) is 48.3 Å². The number of ether oxygens (including phenoxy) is 2. The van der Waals surface area contributed by atoms with Crippen LogP contribution in [0.4, 0.5) is 0 Å². The number of amides is 1. The molecular weight excluding hydrogens is 402 g/mol. The van der Waals surface area contributed by atoms with Crippen molar-refractivity contribution >= 4 is 17.7 Å². The third kappa shape index (κ3) is 4.28. The minimum atomic E-state index is -0.428. The Morgan fingerprint density at radius 3 is 2.47 bits per heavy atom. The van der Waals surface area contributed by atoms with Crippen LogP contribution in [0.5, 0.6) is 11.5 Å². The highest BCUT2D eigenvalue weighted by molar-refractivity contribution is 8.00. The lowest BCUT2D eigenvalue weighted by molar-refractivity contribution is -0.129. The van der Waals surface area contributed by atoms with Crippen LogP contribution in [0.3, 0.4) is 0 Å². The molecule has 1 aliphatic heterocycles. The molecule has 0 aliphatic carbocycles. The van der Waals surface area contributed by atoms with Crippen molar-refractivity contribution in [3.63, 3.8) is 0 Å². The van der Waals surface area contributed by atoms with E-state index in [0.717, 1.165) is 31.5 Å². The summed E-state index contributed by atoms with van der Waals surface area (Å²) in [4.78, 5) is 15.1. The third-order valence-electron chi connectivity index (χ3n) is 5.00. The van der Waals surface area contributed by atoms with Crippen molar-refractivity contribution < 1.29 is 18.7 Å². The quantitative estimate of drug-likeness (QED) is 0.525. The van der Waals surface area contributed by atoms with Gasteiger partial charge in [-0.1, -0.05) is 30.3 Å². The summed E-state index contributed by atoms with van der Waals surface area (Å²) in [5.41, 5.74) is 1.64.